The Labute approximate surface area is 144 Å². The van der Waals surface area contributed by atoms with E-state index in [1.165, 1.54) is 16.7 Å². The van der Waals surface area contributed by atoms with Crippen LogP contribution in [0.5, 0.6) is 0 Å². The summed E-state index contributed by atoms with van der Waals surface area (Å²) in [4.78, 5) is 4.86. The number of fused-ring (bicyclic) bond motifs is 1. The first kappa shape index (κ1) is 14.2. The molecule has 0 unspecified atom stereocenters. The second-order valence-electron chi connectivity index (χ2n) is 5.45. The van der Waals surface area contributed by atoms with Crippen molar-refractivity contribution in [1.29, 1.82) is 0 Å². The van der Waals surface area contributed by atoms with Crippen molar-refractivity contribution >= 4 is 39.0 Å². The van der Waals surface area contributed by atoms with Crippen LogP contribution in [0.15, 0.2) is 88.3 Å². The summed E-state index contributed by atoms with van der Waals surface area (Å²) in [6.45, 7) is 0. The van der Waals surface area contributed by atoms with Gasteiger partial charge in [-0.2, -0.15) is 0 Å². The van der Waals surface area contributed by atoms with Gasteiger partial charge in [0.2, 0.25) is 0 Å². The molecular weight excluding hydrogens is 346 g/mol. The third-order valence-electron chi connectivity index (χ3n) is 3.91. The molecule has 0 fully saturated rings. The van der Waals surface area contributed by atoms with Crippen LogP contribution in [-0.4, -0.2) is 5.71 Å². The van der Waals surface area contributed by atoms with Gasteiger partial charge in [0, 0.05) is 21.2 Å². The summed E-state index contributed by atoms with van der Waals surface area (Å²) in [6.07, 6.45) is 2.21. The summed E-state index contributed by atoms with van der Waals surface area (Å²) >= 11 is 3.50. The van der Waals surface area contributed by atoms with Crippen LogP contribution in [0.2, 0.25) is 0 Å². The Morgan fingerprint density at radius 1 is 0.739 bits per heavy atom. The molecule has 1 aliphatic rings. The third-order valence-corrected chi connectivity index (χ3v) is 4.44. The van der Waals surface area contributed by atoms with Gasteiger partial charge in [-0.25, -0.2) is 4.99 Å². The van der Waals surface area contributed by atoms with Crippen molar-refractivity contribution in [1.82, 2.24) is 0 Å². The van der Waals surface area contributed by atoms with Crippen LogP contribution in [-0.2, 0) is 0 Å². The van der Waals surface area contributed by atoms with Crippen molar-refractivity contribution in [3.05, 3.63) is 100 Å². The van der Waals surface area contributed by atoms with E-state index in [-0.39, 0.29) is 0 Å². The van der Waals surface area contributed by atoms with Crippen LogP contribution in [0, 0.1) is 0 Å². The Balaban J connectivity index is 1.87. The maximum Gasteiger partial charge on any atom is 0.0788 e. The molecule has 0 saturated heterocycles. The fourth-order valence-corrected chi connectivity index (χ4v) is 3.06. The summed E-state index contributed by atoms with van der Waals surface area (Å²) in [7, 11) is 0. The SMILES string of the molecule is Brc1ccc(C2=Nc3ccccc3C2=Cc2ccccc2)cc1. The van der Waals surface area contributed by atoms with Crippen LogP contribution < -0.4 is 0 Å². The number of aliphatic imine (C=N–C) groups is 1. The van der Waals surface area contributed by atoms with Gasteiger partial charge in [-0.15, -0.1) is 0 Å². The van der Waals surface area contributed by atoms with Gasteiger partial charge in [-0.05, 0) is 29.8 Å². The van der Waals surface area contributed by atoms with Crippen LogP contribution in [0.4, 0.5) is 5.69 Å². The molecule has 110 valence electrons. The molecule has 0 atom stereocenters. The Bertz CT molecular complexity index is 906. The Morgan fingerprint density at radius 3 is 2.22 bits per heavy atom. The van der Waals surface area contributed by atoms with E-state index in [2.05, 4.69) is 88.7 Å². The molecule has 4 rings (SSSR count). The molecule has 0 aromatic heterocycles. The van der Waals surface area contributed by atoms with Gasteiger partial charge >= 0.3 is 0 Å². The lowest BCUT2D eigenvalue weighted by Crippen LogP contribution is -1.99. The monoisotopic (exact) mass is 359 g/mol. The predicted molar refractivity (Wildman–Crippen MR) is 101 cm³/mol. The van der Waals surface area contributed by atoms with Gasteiger partial charge in [0.1, 0.15) is 0 Å². The number of halogens is 1. The zero-order valence-corrected chi connectivity index (χ0v) is 14.0. The van der Waals surface area contributed by atoms with Crippen molar-refractivity contribution in [3.8, 4) is 0 Å². The third kappa shape index (κ3) is 2.78. The molecule has 0 radical (unpaired) electrons. The lowest BCUT2D eigenvalue weighted by molar-refractivity contribution is 1.53. The molecule has 3 aromatic carbocycles. The fraction of sp³-hybridized carbons (Fsp3) is 0. The highest BCUT2D eigenvalue weighted by Crippen LogP contribution is 2.38. The minimum absolute atomic E-state index is 1.03. The van der Waals surface area contributed by atoms with Crippen LogP contribution in [0.3, 0.4) is 0 Å². The first-order valence-corrected chi connectivity index (χ1v) is 8.32. The van der Waals surface area contributed by atoms with E-state index in [4.69, 9.17) is 4.99 Å². The first-order valence-electron chi connectivity index (χ1n) is 7.52. The second kappa shape index (κ2) is 5.98. The summed E-state index contributed by atoms with van der Waals surface area (Å²) in [5, 5.41) is 0. The Morgan fingerprint density at radius 2 is 1.43 bits per heavy atom. The Kier molecular flexibility index (Phi) is 3.68. The molecule has 0 N–H and O–H groups in total. The lowest BCUT2D eigenvalue weighted by Gasteiger charge is -2.06. The van der Waals surface area contributed by atoms with E-state index in [9.17, 15) is 0 Å². The largest absolute Gasteiger partial charge is 0.247 e. The second-order valence-corrected chi connectivity index (χ2v) is 6.37. The summed E-state index contributed by atoms with van der Waals surface area (Å²) in [6, 6.07) is 27.0. The van der Waals surface area contributed by atoms with Crippen molar-refractivity contribution in [3.63, 3.8) is 0 Å². The first-order chi connectivity index (χ1) is 11.3. The average molecular weight is 360 g/mol. The highest BCUT2D eigenvalue weighted by atomic mass is 79.9. The average Bonchev–Trinajstić information content (AvgIpc) is 2.95. The topological polar surface area (TPSA) is 12.4 Å². The number of hydrogen-bond donors (Lipinski definition) is 0. The quantitative estimate of drug-likeness (QED) is 0.522. The highest BCUT2D eigenvalue weighted by Gasteiger charge is 2.21. The van der Waals surface area contributed by atoms with Crippen molar-refractivity contribution in [2.45, 2.75) is 0 Å². The van der Waals surface area contributed by atoms with E-state index < -0.39 is 0 Å². The molecule has 1 aliphatic heterocycles. The van der Waals surface area contributed by atoms with E-state index in [1.54, 1.807) is 0 Å². The van der Waals surface area contributed by atoms with Crippen molar-refractivity contribution in [2.24, 2.45) is 4.99 Å². The molecule has 0 spiro atoms. The van der Waals surface area contributed by atoms with Gasteiger partial charge < -0.3 is 0 Å². The maximum atomic E-state index is 4.86. The predicted octanol–water partition coefficient (Wildman–Crippen LogP) is 6.12. The van der Waals surface area contributed by atoms with Crippen molar-refractivity contribution < 1.29 is 0 Å². The molecule has 0 aliphatic carbocycles. The highest BCUT2D eigenvalue weighted by molar-refractivity contribution is 9.10. The van der Waals surface area contributed by atoms with Gasteiger partial charge in [0.15, 0.2) is 0 Å². The Hall–Kier alpha value is -2.45. The standard InChI is InChI=1S/C21H14BrN/c22-17-12-10-16(11-13-17)21-19(14-15-6-2-1-3-7-15)18-8-4-5-9-20(18)23-21/h1-14H. The van der Waals surface area contributed by atoms with E-state index in [1.807, 2.05) is 12.1 Å². The maximum absolute atomic E-state index is 4.86. The number of para-hydroxylation sites is 1. The van der Waals surface area contributed by atoms with Gasteiger partial charge in [-0.1, -0.05) is 76.6 Å². The normalized spacial score (nSPS) is 14.7. The molecule has 23 heavy (non-hydrogen) atoms. The molecule has 0 saturated carbocycles. The van der Waals surface area contributed by atoms with Gasteiger partial charge in [-0.3, -0.25) is 0 Å². The molecule has 1 nitrogen and oxygen atoms in total. The van der Waals surface area contributed by atoms with Crippen LogP contribution in [0.25, 0.3) is 11.6 Å². The van der Waals surface area contributed by atoms with E-state index in [0.29, 0.717) is 0 Å². The lowest BCUT2D eigenvalue weighted by atomic mass is 9.96. The molecular formula is C21H14BrN. The fourth-order valence-electron chi connectivity index (χ4n) is 2.80. The van der Waals surface area contributed by atoms with E-state index in [0.717, 1.165) is 21.4 Å². The van der Waals surface area contributed by atoms with Crippen LogP contribution in [0.1, 0.15) is 16.7 Å². The molecule has 3 aromatic rings. The molecule has 0 bridgehead atoms. The van der Waals surface area contributed by atoms with Gasteiger partial charge in [0.05, 0.1) is 11.4 Å². The van der Waals surface area contributed by atoms with Crippen LogP contribution >= 0.6 is 15.9 Å². The minimum atomic E-state index is 1.03. The number of allylic oxidation sites excluding steroid dienone is 1. The summed E-state index contributed by atoms with van der Waals surface area (Å²) < 4.78 is 1.07. The summed E-state index contributed by atoms with van der Waals surface area (Å²) in [5.41, 5.74) is 6.74. The number of rotatable bonds is 2. The van der Waals surface area contributed by atoms with Crippen molar-refractivity contribution in [2.75, 3.05) is 0 Å². The zero-order chi connectivity index (χ0) is 15.6. The van der Waals surface area contributed by atoms with Gasteiger partial charge in [0.25, 0.3) is 0 Å². The smallest absolute Gasteiger partial charge is 0.0788 e. The number of benzene rings is 3. The number of nitrogens with zero attached hydrogens (tertiary/aromatic N) is 1. The molecule has 0 amide bonds. The minimum Gasteiger partial charge on any atom is -0.247 e. The number of hydrogen-bond acceptors (Lipinski definition) is 1. The zero-order valence-electron chi connectivity index (χ0n) is 12.4. The summed E-state index contributed by atoms with van der Waals surface area (Å²) in [5.74, 6) is 0. The van der Waals surface area contributed by atoms with E-state index >= 15 is 0 Å². The molecule has 2 heteroatoms. The molecule has 1 heterocycles.